The first-order chi connectivity index (χ1) is 17.7. The number of nitrogens with zero attached hydrogens (tertiary/aromatic N) is 1. The molecule has 0 fully saturated rings. The zero-order chi connectivity index (χ0) is 24.7. The molecule has 0 spiro atoms. The van der Waals surface area contributed by atoms with E-state index in [4.69, 9.17) is 9.47 Å². The van der Waals surface area contributed by atoms with Crippen LogP contribution in [0.1, 0.15) is 11.1 Å². The fraction of sp³-hybridized carbons (Fsp3) is 0.0667. The van der Waals surface area contributed by atoms with Gasteiger partial charge in [0.2, 0.25) is 0 Å². The number of nitrogens with one attached hydrogen (secondary N) is 1. The van der Waals surface area contributed by atoms with Crippen molar-refractivity contribution in [3.63, 3.8) is 0 Å². The Hall–Kier alpha value is -4.71. The number of carbonyl (C=O) groups excluding carboxylic acids is 1. The number of halogens is 1. The summed E-state index contributed by atoms with van der Waals surface area (Å²) in [6.07, 6.45) is 1.57. The van der Waals surface area contributed by atoms with E-state index in [9.17, 15) is 9.18 Å². The quantitative estimate of drug-likeness (QED) is 0.212. The third-order valence-electron chi connectivity index (χ3n) is 5.73. The third kappa shape index (κ3) is 5.33. The molecule has 0 saturated heterocycles. The van der Waals surface area contributed by atoms with Crippen molar-refractivity contribution < 1.29 is 18.7 Å². The number of carbonyl (C=O) groups is 1. The monoisotopic (exact) mass is 478 g/mol. The largest absolute Gasteiger partial charge is 0.488 e. The number of hydrazone groups is 1. The van der Waals surface area contributed by atoms with Crippen LogP contribution in [0.15, 0.2) is 108 Å². The van der Waals surface area contributed by atoms with Crippen LogP contribution in [-0.2, 0) is 11.4 Å². The summed E-state index contributed by atoms with van der Waals surface area (Å²) in [7, 11) is 0. The Labute approximate surface area is 207 Å². The van der Waals surface area contributed by atoms with Gasteiger partial charge in [-0.15, -0.1) is 0 Å². The maximum absolute atomic E-state index is 13.2. The van der Waals surface area contributed by atoms with Gasteiger partial charge in [0.25, 0.3) is 5.91 Å². The molecule has 0 radical (unpaired) electrons. The van der Waals surface area contributed by atoms with E-state index in [0.29, 0.717) is 11.5 Å². The highest BCUT2D eigenvalue weighted by molar-refractivity contribution is 6.02. The molecule has 178 valence electrons. The second-order valence-electron chi connectivity index (χ2n) is 8.17. The van der Waals surface area contributed by atoms with Gasteiger partial charge < -0.3 is 9.47 Å². The average molecular weight is 479 g/mol. The zero-order valence-corrected chi connectivity index (χ0v) is 19.4. The predicted molar refractivity (Wildman–Crippen MR) is 140 cm³/mol. The van der Waals surface area contributed by atoms with Crippen molar-refractivity contribution in [3.8, 4) is 11.5 Å². The Morgan fingerprint density at radius 1 is 0.750 bits per heavy atom. The fourth-order valence-corrected chi connectivity index (χ4v) is 3.94. The average Bonchev–Trinajstić information content (AvgIpc) is 2.92. The smallest absolute Gasteiger partial charge is 0.277 e. The van der Waals surface area contributed by atoms with Gasteiger partial charge in [0.15, 0.2) is 6.61 Å². The number of hydrogen-bond donors (Lipinski definition) is 1. The Morgan fingerprint density at radius 2 is 1.44 bits per heavy atom. The molecule has 0 atom stereocenters. The standard InChI is InChI=1S/C30H23FN2O3/c31-24-15-12-21(13-16-24)19-35-29-17-14-23-7-1-3-9-25(23)27(29)18-32-33-30(34)20-36-28-11-5-8-22-6-2-4-10-26(22)28/h1-18H,19-20H2,(H,33,34)/b32-18-. The molecule has 0 aliphatic heterocycles. The first kappa shape index (κ1) is 23.1. The number of ether oxygens (including phenoxy) is 2. The first-order valence-electron chi connectivity index (χ1n) is 11.5. The van der Waals surface area contributed by atoms with Crippen molar-refractivity contribution in [2.45, 2.75) is 6.61 Å². The SMILES string of the molecule is O=C(COc1cccc2ccccc12)N/N=C\c1c(OCc2ccc(F)cc2)ccc2ccccc12. The Morgan fingerprint density at radius 3 is 2.25 bits per heavy atom. The third-order valence-corrected chi connectivity index (χ3v) is 5.73. The highest BCUT2D eigenvalue weighted by Gasteiger charge is 2.09. The predicted octanol–water partition coefficient (Wildman–Crippen LogP) is 6.24. The van der Waals surface area contributed by atoms with Gasteiger partial charge in [0, 0.05) is 10.9 Å². The summed E-state index contributed by atoms with van der Waals surface area (Å²) in [4.78, 5) is 12.4. The summed E-state index contributed by atoms with van der Waals surface area (Å²) in [6, 6.07) is 31.4. The number of amides is 1. The highest BCUT2D eigenvalue weighted by Crippen LogP contribution is 2.28. The minimum Gasteiger partial charge on any atom is -0.488 e. The van der Waals surface area contributed by atoms with Crippen LogP contribution in [-0.4, -0.2) is 18.7 Å². The van der Waals surface area contributed by atoms with E-state index in [1.807, 2.05) is 78.9 Å². The topological polar surface area (TPSA) is 59.9 Å². The van der Waals surface area contributed by atoms with E-state index >= 15 is 0 Å². The fourth-order valence-electron chi connectivity index (χ4n) is 3.94. The maximum atomic E-state index is 13.2. The summed E-state index contributed by atoms with van der Waals surface area (Å²) >= 11 is 0. The van der Waals surface area contributed by atoms with Gasteiger partial charge in [-0.2, -0.15) is 5.10 Å². The van der Waals surface area contributed by atoms with Gasteiger partial charge in [0.05, 0.1) is 6.21 Å². The number of rotatable bonds is 8. The normalized spacial score (nSPS) is 11.1. The molecule has 0 unspecified atom stereocenters. The van der Waals surface area contributed by atoms with Crippen molar-refractivity contribution in [1.82, 2.24) is 5.43 Å². The van der Waals surface area contributed by atoms with E-state index in [2.05, 4.69) is 10.5 Å². The number of benzene rings is 5. The molecule has 1 N–H and O–H groups in total. The van der Waals surface area contributed by atoms with Crippen molar-refractivity contribution in [2.24, 2.45) is 5.10 Å². The van der Waals surface area contributed by atoms with Crippen LogP contribution in [0, 0.1) is 5.82 Å². The lowest BCUT2D eigenvalue weighted by Crippen LogP contribution is -2.24. The summed E-state index contributed by atoms with van der Waals surface area (Å²) in [5.74, 6) is 0.562. The van der Waals surface area contributed by atoms with Crippen molar-refractivity contribution in [1.29, 1.82) is 0 Å². The maximum Gasteiger partial charge on any atom is 0.277 e. The van der Waals surface area contributed by atoms with Crippen LogP contribution >= 0.6 is 0 Å². The van der Waals surface area contributed by atoms with Gasteiger partial charge in [-0.1, -0.05) is 78.9 Å². The highest BCUT2D eigenvalue weighted by atomic mass is 19.1. The summed E-state index contributed by atoms with van der Waals surface area (Å²) in [5.41, 5.74) is 4.10. The molecule has 0 aliphatic rings. The molecule has 0 saturated carbocycles. The summed E-state index contributed by atoms with van der Waals surface area (Å²) < 4.78 is 25.0. The van der Waals surface area contributed by atoms with Crippen molar-refractivity contribution in [2.75, 3.05) is 6.61 Å². The molecular weight excluding hydrogens is 455 g/mol. The molecule has 1 amide bonds. The second kappa shape index (κ2) is 10.7. The molecular formula is C30H23FN2O3. The number of hydrogen-bond acceptors (Lipinski definition) is 4. The zero-order valence-electron chi connectivity index (χ0n) is 19.4. The van der Waals surface area contributed by atoms with Crippen LogP contribution in [0.25, 0.3) is 21.5 Å². The molecule has 0 aromatic heterocycles. The van der Waals surface area contributed by atoms with Gasteiger partial charge in [-0.25, -0.2) is 9.82 Å². The molecule has 5 nitrogen and oxygen atoms in total. The first-order valence-corrected chi connectivity index (χ1v) is 11.5. The van der Waals surface area contributed by atoms with Crippen LogP contribution < -0.4 is 14.9 Å². The van der Waals surface area contributed by atoms with Gasteiger partial charge in [0.1, 0.15) is 23.9 Å². The summed E-state index contributed by atoms with van der Waals surface area (Å²) in [6.45, 7) is 0.0967. The van der Waals surface area contributed by atoms with Gasteiger partial charge >= 0.3 is 0 Å². The van der Waals surface area contributed by atoms with E-state index < -0.39 is 0 Å². The van der Waals surface area contributed by atoms with Crippen LogP contribution in [0.5, 0.6) is 11.5 Å². The molecule has 6 heteroatoms. The molecule has 5 aromatic carbocycles. The van der Waals surface area contributed by atoms with Crippen molar-refractivity contribution in [3.05, 3.63) is 120 Å². The molecule has 5 rings (SSSR count). The van der Waals surface area contributed by atoms with E-state index in [-0.39, 0.29) is 24.9 Å². The Bertz CT molecular complexity index is 1540. The summed E-state index contributed by atoms with van der Waals surface area (Å²) in [5, 5.41) is 8.08. The second-order valence-corrected chi connectivity index (χ2v) is 8.17. The molecule has 0 aliphatic carbocycles. The van der Waals surface area contributed by atoms with E-state index in [1.165, 1.54) is 12.1 Å². The van der Waals surface area contributed by atoms with E-state index in [0.717, 1.165) is 32.7 Å². The molecule has 0 heterocycles. The van der Waals surface area contributed by atoms with Crippen LogP contribution in [0.3, 0.4) is 0 Å². The Balaban J connectivity index is 1.29. The van der Waals surface area contributed by atoms with Gasteiger partial charge in [-0.3, -0.25) is 4.79 Å². The number of fused-ring (bicyclic) bond motifs is 2. The van der Waals surface area contributed by atoms with Crippen molar-refractivity contribution >= 4 is 33.7 Å². The van der Waals surface area contributed by atoms with Crippen LogP contribution in [0.2, 0.25) is 0 Å². The minimum absolute atomic E-state index is 0.172. The molecule has 5 aromatic rings. The lowest BCUT2D eigenvalue weighted by Gasteiger charge is -2.12. The lowest BCUT2D eigenvalue weighted by atomic mass is 10.0. The molecule has 36 heavy (non-hydrogen) atoms. The van der Waals surface area contributed by atoms with Gasteiger partial charge in [-0.05, 0) is 46.0 Å². The minimum atomic E-state index is -0.381. The molecule has 0 bridgehead atoms. The van der Waals surface area contributed by atoms with E-state index in [1.54, 1.807) is 18.3 Å². The lowest BCUT2D eigenvalue weighted by molar-refractivity contribution is -0.123. The Kier molecular flexibility index (Phi) is 6.85. The van der Waals surface area contributed by atoms with Crippen LogP contribution in [0.4, 0.5) is 4.39 Å².